The second-order valence-electron chi connectivity index (χ2n) is 8.52. The second-order valence-corrected chi connectivity index (χ2v) is 8.52. The SMILES string of the molecule is O=C(C(=O)c1ccc(OC(CCCOc2ccccc2)C(=O)C(=O)c2ccccc2)cc1)c1ccccc1. The highest BCUT2D eigenvalue weighted by molar-refractivity contribution is 6.49. The van der Waals surface area contributed by atoms with E-state index in [4.69, 9.17) is 9.47 Å². The van der Waals surface area contributed by atoms with E-state index in [-0.39, 0.29) is 17.5 Å². The van der Waals surface area contributed by atoms with Crippen LogP contribution < -0.4 is 9.47 Å². The molecule has 0 N–H and O–H groups in total. The number of rotatable bonds is 13. The molecule has 0 aliphatic carbocycles. The van der Waals surface area contributed by atoms with Gasteiger partial charge in [0.15, 0.2) is 6.10 Å². The predicted octanol–water partition coefficient (Wildman–Crippen LogP) is 5.81. The van der Waals surface area contributed by atoms with Crippen LogP contribution in [0.5, 0.6) is 11.5 Å². The van der Waals surface area contributed by atoms with Crippen LogP contribution in [0, 0.1) is 0 Å². The van der Waals surface area contributed by atoms with Crippen molar-refractivity contribution in [3.05, 3.63) is 132 Å². The van der Waals surface area contributed by atoms with Crippen LogP contribution in [0.15, 0.2) is 115 Å². The van der Waals surface area contributed by atoms with Gasteiger partial charge in [-0.05, 0) is 49.2 Å². The lowest BCUT2D eigenvalue weighted by atomic mass is 10.0. The third-order valence-corrected chi connectivity index (χ3v) is 5.81. The Kier molecular flexibility index (Phi) is 8.92. The number of carbonyl (C=O) groups excluding carboxylic acids is 4. The Hall–Kier alpha value is -4.84. The minimum Gasteiger partial charge on any atom is -0.494 e. The third kappa shape index (κ3) is 6.89. The molecule has 0 spiro atoms. The maximum absolute atomic E-state index is 13.1. The molecule has 0 fully saturated rings. The number of hydrogen-bond acceptors (Lipinski definition) is 6. The maximum atomic E-state index is 13.1. The first kappa shape index (κ1) is 26.2. The van der Waals surface area contributed by atoms with Gasteiger partial charge < -0.3 is 9.47 Å². The van der Waals surface area contributed by atoms with E-state index in [0.717, 1.165) is 0 Å². The molecule has 0 aliphatic rings. The molecule has 1 atom stereocenters. The molecule has 0 aliphatic heterocycles. The van der Waals surface area contributed by atoms with E-state index in [2.05, 4.69) is 0 Å². The average molecular weight is 507 g/mol. The van der Waals surface area contributed by atoms with Gasteiger partial charge in [0.05, 0.1) is 6.61 Å². The van der Waals surface area contributed by atoms with E-state index in [1.807, 2.05) is 30.3 Å². The molecule has 4 aromatic carbocycles. The number of benzene rings is 4. The fraction of sp³-hybridized carbons (Fsp3) is 0.125. The number of carbonyl (C=O) groups is 4. The summed E-state index contributed by atoms with van der Waals surface area (Å²) in [6.07, 6.45) is -0.331. The van der Waals surface area contributed by atoms with Crippen LogP contribution in [0.4, 0.5) is 0 Å². The fourth-order valence-electron chi connectivity index (χ4n) is 3.80. The Balaban J connectivity index is 1.44. The van der Waals surface area contributed by atoms with Crippen molar-refractivity contribution in [1.29, 1.82) is 0 Å². The summed E-state index contributed by atoms with van der Waals surface area (Å²) in [4.78, 5) is 51.1. The normalized spacial score (nSPS) is 11.3. The molecule has 0 radical (unpaired) electrons. The van der Waals surface area contributed by atoms with E-state index < -0.39 is 29.2 Å². The first-order chi connectivity index (χ1) is 18.5. The van der Waals surface area contributed by atoms with Crippen LogP contribution in [0.1, 0.15) is 43.9 Å². The summed E-state index contributed by atoms with van der Waals surface area (Å²) < 4.78 is 11.6. The van der Waals surface area contributed by atoms with E-state index in [0.29, 0.717) is 30.1 Å². The van der Waals surface area contributed by atoms with Crippen molar-refractivity contribution in [2.45, 2.75) is 18.9 Å². The molecule has 6 heteroatoms. The van der Waals surface area contributed by atoms with Gasteiger partial charge >= 0.3 is 0 Å². The largest absolute Gasteiger partial charge is 0.494 e. The van der Waals surface area contributed by atoms with E-state index in [9.17, 15) is 19.2 Å². The topological polar surface area (TPSA) is 86.7 Å². The summed E-state index contributed by atoms with van der Waals surface area (Å²) in [5, 5.41) is 0. The fourth-order valence-corrected chi connectivity index (χ4v) is 3.80. The Bertz CT molecular complexity index is 1380. The average Bonchev–Trinajstić information content (AvgIpc) is 2.99. The van der Waals surface area contributed by atoms with Gasteiger partial charge in [-0.25, -0.2) is 0 Å². The molecule has 0 aromatic heterocycles. The summed E-state index contributed by atoms with van der Waals surface area (Å²) >= 11 is 0. The smallest absolute Gasteiger partial charge is 0.243 e. The van der Waals surface area contributed by atoms with E-state index in [1.54, 1.807) is 60.7 Å². The summed E-state index contributed by atoms with van der Waals surface area (Å²) in [5.74, 6) is -1.55. The predicted molar refractivity (Wildman–Crippen MR) is 143 cm³/mol. The highest BCUT2D eigenvalue weighted by Crippen LogP contribution is 2.19. The van der Waals surface area contributed by atoms with Gasteiger partial charge in [-0.3, -0.25) is 19.2 Å². The van der Waals surface area contributed by atoms with Gasteiger partial charge in [-0.1, -0.05) is 78.9 Å². The Morgan fingerprint density at radius 1 is 0.526 bits per heavy atom. The standard InChI is InChI=1S/C32H26O6/c33-29(23-11-4-1-5-12-23)30(34)25-18-20-27(21-19-25)38-28(17-10-22-37-26-15-8-3-9-16-26)32(36)31(35)24-13-6-2-7-14-24/h1-9,11-16,18-21,28H,10,17,22H2. The molecule has 0 heterocycles. The van der Waals surface area contributed by atoms with Crippen molar-refractivity contribution < 1.29 is 28.7 Å². The van der Waals surface area contributed by atoms with Crippen molar-refractivity contribution >= 4 is 23.1 Å². The summed E-state index contributed by atoms with van der Waals surface area (Å²) in [7, 11) is 0. The zero-order valence-corrected chi connectivity index (χ0v) is 20.6. The molecular weight excluding hydrogens is 480 g/mol. The van der Waals surface area contributed by atoms with Gasteiger partial charge in [-0.2, -0.15) is 0 Å². The minimum absolute atomic E-state index is 0.200. The van der Waals surface area contributed by atoms with Gasteiger partial charge in [0.1, 0.15) is 11.5 Å². The van der Waals surface area contributed by atoms with E-state index >= 15 is 0 Å². The summed E-state index contributed by atoms with van der Waals surface area (Å²) in [6.45, 7) is 0.339. The molecule has 0 amide bonds. The monoisotopic (exact) mass is 506 g/mol. The number of hydrogen-bond donors (Lipinski definition) is 0. The Morgan fingerprint density at radius 3 is 1.55 bits per heavy atom. The molecule has 0 saturated heterocycles. The molecule has 0 saturated carbocycles. The lowest BCUT2D eigenvalue weighted by Crippen LogP contribution is -2.34. The molecule has 6 nitrogen and oxygen atoms in total. The zero-order valence-electron chi connectivity index (χ0n) is 20.6. The number of Topliss-reactive ketones (excluding diaryl/α,β-unsaturated/α-hetero) is 4. The minimum atomic E-state index is -1.05. The highest BCUT2D eigenvalue weighted by atomic mass is 16.5. The van der Waals surface area contributed by atoms with Gasteiger partial charge in [0, 0.05) is 16.7 Å². The number of ether oxygens (including phenoxy) is 2. The number of para-hydroxylation sites is 1. The van der Waals surface area contributed by atoms with Crippen LogP contribution in [-0.4, -0.2) is 35.8 Å². The third-order valence-electron chi connectivity index (χ3n) is 5.81. The molecule has 0 bridgehead atoms. The lowest BCUT2D eigenvalue weighted by Gasteiger charge is -2.18. The second kappa shape index (κ2) is 12.9. The lowest BCUT2D eigenvalue weighted by molar-refractivity contribution is -0.121. The summed E-state index contributed by atoms with van der Waals surface area (Å²) in [5.41, 5.74) is 0.790. The quantitative estimate of drug-likeness (QED) is 0.129. The maximum Gasteiger partial charge on any atom is 0.243 e. The van der Waals surface area contributed by atoms with E-state index in [1.165, 1.54) is 24.3 Å². The Morgan fingerprint density at radius 2 is 1.00 bits per heavy atom. The van der Waals surface area contributed by atoms with Gasteiger partial charge in [0.2, 0.25) is 23.1 Å². The zero-order chi connectivity index (χ0) is 26.7. The Labute approximate surface area is 220 Å². The molecule has 38 heavy (non-hydrogen) atoms. The van der Waals surface area contributed by atoms with Crippen molar-refractivity contribution in [3.8, 4) is 11.5 Å². The van der Waals surface area contributed by atoms with Crippen molar-refractivity contribution in [2.75, 3.05) is 6.61 Å². The molecule has 4 rings (SSSR count). The first-order valence-corrected chi connectivity index (χ1v) is 12.2. The van der Waals surface area contributed by atoms with Gasteiger partial charge in [0.25, 0.3) is 0 Å². The van der Waals surface area contributed by atoms with Crippen LogP contribution in [0.2, 0.25) is 0 Å². The van der Waals surface area contributed by atoms with Crippen LogP contribution in [0.3, 0.4) is 0 Å². The van der Waals surface area contributed by atoms with Gasteiger partial charge in [-0.15, -0.1) is 0 Å². The highest BCUT2D eigenvalue weighted by Gasteiger charge is 2.28. The van der Waals surface area contributed by atoms with Crippen LogP contribution in [0.25, 0.3) is 0 Å². The van der Waals surface area contributed by atoms with Crippen LogP contribution in [-0.2, 0) is 4.79 Å². The molecule has 1 unspecified atom stereocenters. The van der Waals surface area contributed by atoms with Crippen LogP contribution >= 0.6 is 0 Å². The molecular formula is C32H26O6. The first-order valence-electron chi connectivity index (χ1n) is 12.2. The van der Waals surface area contributed by atoms with Crippen molar-refractivity contribution in [3.63, 3.8) is 0 Å². The molecule has 4 aromatic rings. The number of ketones is 4. The summed E-state index contributed by atoms with van der Waals surface area (Å²) in [6, 6.07) is 31.9. The molecule has 190 valence electrons. The van der Waals surface area contributed by atoms with Crippen molar-refractivity contribution in [1.82, 2.24) is 0 Å². The van der Waals surface area contributed by atoms with Crippen molar-refractivity contribution in [2.24, 2.45) is 0 Å².